The zero-order valence-corrected chi connectivity index (χ0v) is 44.3. The van der Waals surface area contributed by atoms with Gasteiger partial charge in [0.25, 0.3) is 0 Å². The molecule has 380 valence electrons. The average Bonchev–Trinajstić information content (AvgIpc) is 4.34. The topological polar surface area (TPSA) is 21.3 Å². The van der Waals surface area contributed by atoms with Crippen LogP contribution in [0.2, 0.25) is 0 Å². The van der Waals surface area contributed by atoms with Crippen molar-refractivity contribution in [1.29, 1.82) is 0 Å². The molecular weight excluding hydrogens is 981 g/mol. The van der Waals surface area contributed by atoms with Gasteiger partial charge in [-0.15, -0.1) is 0 Å². The van der Waals surface area contributed by atoms with Crippen LogP contribution in [-0.2, 0) is 0 Å². The molecule has 0 saturated carbocycles. The van der Waals surface area contributed by atoms with Crippen LogP contribution in [0, 0.1) is 0 Å². The summed E-state index contributed by atoms with van der Waals surface area (Å²) in [4.78, 5) is 2.36. The second kappa shape index (κ2) is 20.2. The maximum atomic E-state index is 6.46. The molecule has 0 aliphatic carbocycles. The van der Waals surface area contributed by atoms with Gasteiger partial charge in [0.1, 0.15) is 11.2 Å². The first-order valence-electron chi connectivity index (χ1n) is 27.7. The first kappa shape index (κ1) is 47.5. The Labute approximate surface area is 471 Å². The van der Waals surface area contributed by atoms with Gasteiger partial charge in [0, 0.05) is 49.9 Å². The molecule has 0 atom stereocenters. The monoisotopic (exact) mass is 1030 g/mol. The van der Waals surface area contributed by atoms with Crippen LogP contribution in [0.25, 0.3) is 127 Å². The van der Waals surface area contributed by atoms with Gasteiger partial charge in [-0.25, -0.2) is 0 Å². The van der Waals surface area contributed by atoms with Gasteiger partial charge in [0.15, 0.2) is 0 Å². The van der Waals surface area contributed by atoms with Gasteiger partial charge < -0.3 is 13.9 Å². The summed E-state index contributed by atoms with van der Waals surface area (Å²) in [5, 5.41) is 4.78. The van der Waals surface area contributed by atoms with Crippen LogP contribution in [0.15, 0.2) is 320 Å². The molecule has 0 amide bonds. The summed E-state index contributed by atoms with van der Waals surface area (Å²) in [6, 6.07) is 114. The lowest BCUT2D eigenvalue weighted by Gasteiger charge is -2.26. The Kier molecular flexibility index (Phi) is 11.9. The maximum Gasteiger partial charge on any atom is 0.143 e. The van der Waals surface area contributed by atoms with E-state index < -0.39 is 0 Å². The van der Waals surface area contributed by atoms with E-state index in [1.165, 1.54) is 49.6 Å². The highest BCUT2D eigenvalue weighted by atomic mass is 16.3. The highest BCUT2D eigenvalue weighted by molar-refractivity contribution is 6.10. The zero-order valence-electron chi connectivity index (χ0n) is 44.3. The molecule has 0 aliphatic rings. The number of para-hydroxylation sites is 4. The fourth-order valence-electron chi connectivity index (χ4n) is 12.0. The fraction of sp³-hybridized carbons (Fsp3) is 0. The van der Waals surface area contributed by atoms with E-state index in [0.29, 0.717) is 0 Å². The molecular formula is C78H52N2O. The normalized spacial score (nSPS) is 11.5. The first-order chi connectivity index (χ1) is 40.1. The molecule has 0 radical (unpaired) electrons. The Hall–Kier alpha value is -10.7. The van der Waals surface area contributed by atoms with E-state index in [1.54, 1.807) is 0 Å². The fourth-order valence-corrected chi connectivity index (χ4v) is 12.0. The van der Waals surface area contributed by atoms with Crippen LogP contribution in [0.5, 0.6) is 0 Å². The lowest BCUT2D eigenvalue weighted by atomic mass is 9.95. The van der Waals surface area contributed by atoms with Crippen LogP contribution in [0.4, 0.5) is 17.1 Å². The van der Waals surface area contributed by atoms with E-state index >= 15 is 0 Å². The number of hydrogen-bond acceptors (Lipinski definition) is 2. The number of anilines is 3. The predicted octanol–water partition coefficient (Wildman–Crippen LogP) is 21.8. The van der Waals surface area contributed by atoms with Crippen LogP contribution >= 0.6 is 0 Å². The summed E-state index contributed by atoms with van der Waals surface area (Å²) in [7, 11) is 0. The van der Waals surface area contributed by atoms with E-state index in [1.807, 2.05) is 12.1 Å². The highest BCUT2D eigenvalue weighted by Crippen LogP contribution is 2.41. The van der Waals surface area contributed by atoms with E-state index in [0.717, 1.165) is 94.8 Å². The van der Waals surface area contributed by atoms with Crippen molar-refractivity contribution in [2.24, 2.45) is 0 Å². The van der Waals surface area contributed by atoms with Gasteiger partial charge in [-0.1, -0.05) is 224 Å². The molecule has 0 aliphatic heterocycles. The van der Waals surface area contributed by atoms with Crippen molar-refractivity contribution in [2.45, 2.75) is 0 Å². The van der Waals surface area contributed by atoms with Crippen molar-refractivity contribution in [3.8, 4) is 83.6 Å². The molecule has 3 nitrogen and oxygen atoms in total. The number of hydrogen-bond donors (Lipinski definition) is 0. The molecule has 3 heteroatoms. The minimum atomic E-state index is 0.904. The van der Waals surface area contributed by atoms with Crippen molar-refractivity contribution >= 4 is 60.8 Å². The molecule has 0 N–H and O–H groups in total. The molecule has 15 rings (SSSR count). The smallest absolute Gasteiger partial charge is 0.143 e. The van der Waals surface area contributed by atoms with Gasteiger partial charge in [-0.2, -0.15) is 0 Å². The SMILES string of the molecule is c1ccc(-c2cccc(-c3cccc(-c4ccc(N(c5ccc(-c6cccc(-c7cccc(-c8cccc9c8oc8ccccc89)c7)c6)cc5)c5ccc(-c6cccc(-n7c8ccccc8c8ccccc87)c6)cc5)cc4)c3)c2)cc1. The largest absolute Gasteiger partial charge is 0.455 e. The summed E-state index contributed by atoms with van der Waals surface area (Å²) in [6.45, 7) is 0. The molecule has 0 fully saturated rings. The number of nitrogens with zero attached hydrogens (tertiary/aromatic N) is 2. The van der Waals surface area contributed by atoms with Crippen molar-refractivity contribution < 1.29 is 4.42 Å². The summed E-state index contributed by atoms with van der Waals surface area (Å²) in [6.07, 6.45) is 0. The average molecular weight is 1030 g/mol. The Morgan fingerprint density at radius 2 is 0.580 bits per heavy atom. The van der Waals surface area contributed by atoms with Crippen LogP contribution in [0.1, 0.15) is 0 Å². The number of benzene rings is 13. The zero-order chi connectivity index (χ0) is 53.6. The minimum absolute atomic E-state index is 0.904. The third-order valence-electron chi connectivity index (χ3n) is 16.0. The molecule has 2 heterocycles. The standard InChI is InChI=1S/C78H52N2O/c1-2-16-53(17-3-1)57-18-10-21-60(48-57)61-22-11-19-58(49-61)54-36-42-66(43-37-54)79(68-46-40-56(41-47-68)64-25-14-27-69(52-64)80-75-33-7-4-28-71(75)72-29-5-8-34-76(72)80)67-44-38-55(39-45-67)59-20-12-23-62(50-59)63-24-13-26-65(51-63)70-31-15-32-74-73-30-6-9-35-77(73)81-78(70)74/h1-52H. The molecule has 0 spiro atoms. The molecule has 13 aromatic carbocycles. The first-order valence-corrected chi connectivity index (χ1v) is 27.7. The van der Waals surface area contributed by atoms with Gasteiger partial charge in [0.05, 0.1) is 11.0 Å². The Bertz CT molecular complexity index is 4740. The van der Waals surface area contributed by atoms with Crippen LogP contribution in [-0.4, -0.2) is 4.57 Å². The Morgan fingerprint density at radius 3 is 1.09 bits per heavy atom. The second-order valence-electron chi connectivity index (χ2n) is 20.9. The van der Waals surface area contributed by atoms with E-state index in [9.17, 15) is 0 Å². The van der Waals surface area contributed by atoms with Crippen LogP contribution in [0.3, 0.4) is 0 Å². The summed E-state index contributed by atoms with van der Waals surface area (Å²) in [5.41, 5.74) is 24.8. The van der Waals surface area contributed by atoms with Gasteiger partial charge in [-0.3, -0.25) is 0 Å². The van der Waals surface area contributed by atoms with Crippen LogP contribution < -0.4 is 4.90 Å². The Morgan fingerprint density at radius 1 is 0.235 bits per heavy atom. The summed E-state index contributed by atoms with van der Waals surface area (Å²) < 4.78 is 8.84. The third kappa shape index (κ3) is 8.84. The van der Waals surface area contributed by atoms with E-state index in [4.69, 9.17) is 4.42 Å². The van der Waals surface area contributed by atoms with Crippen molar-refractivity contribution in [1.82, 2.24) is 4.57 Å². The third-order valence-corrected chi connectivity index (χ3v) is 16.0. The van der Waals surface area contributed by atoms with Crippen molar-refractivity contribution in [2.75, 3.05) is 4.90 Å². The molecule has 0 bridgehead atoms. The number of aromatic nitrogens is 1. The molecule has 2 aromatic heterocycles. The molecule has 15 aromatic rings. The minimum Gasteiger partial charge on any atom is -0.455 e. The predicted molar refractivity (Wildman–Crippen MR) is 341 cm³/mol. The lowest BCUT2D eigenvalue weighted by molar-refractivity contribution is 0.670. The molecule has 0 saturated heterocycles. The van der Waals surface area contributed by atoms with Gasteiger partial charge >= 0.3 is 0 Å². The number of furan rings is 1. The highest BCUT2D eigenvalue weighted by Gasteiger charge is 2.18. The van der Waals surface area contributed by atoms with E-state index in [-0.39, 0.29) is 0 Å². The van der Waals surface area contributed by atoms with Crippen molar-refractivity contribution in [3.63, 3.8) is 0 Å². The van der Waals surface area contributed by atoms with Gasteiger partial charge in [0.2, 0.25) is 0 Å². The quantitative estimate of drug-likeness (QED) is 0.129. The molecule has 81 heavy (non-hydrogen) atoms. The maximum absolute atomic E-state index is 6.46. The van der Waals surface area contributed by atoms with Crippen molar-refractivity contribution in [3.05, 3.63) is 315 Å². The Balaban J connectivity index is 0.762. The number of rotatable bonds is 11. The molecule has 0 unspecified atom stereocenters. The van der Waals surface area contributed by atoms with Gasteiger partial charge in [-0.05, 0) is 163 Å². The second-order valence-corrected chi connectivity index (χ2v) is 20.9. The lowest BCUT2D eigenvalue weighted by Crippen LogP contribution is -2.09. The summed E-state index contributed by atoms with van der Waals surface area (Å²) >= 11 is 0. The van der Waals surface area contributed by atoms with E-state index in [2.05, 4.69) is 313 Å². The summed E-state index contributed by atoms with van der Waals surface area (Å²) in [5.74, 6) is 0. The number of fused-ring (bicyclic) bond motifs is 6.